The van der Waals surface area contributed by atoms with Crippen molar-refractivity contribution in [1.82, 2.24) is 0 Å². The van der Waals surface area contributed by atoms with Crippen molar-refractivity contribution in [3.05, 3.63) is 35.5 Å². The van der Waals surface area contributed by atoms with Crippen LogP contribution in [0, 0.1) is 11.8 Å². The van der Waals surface area contributed by atoms with Crippen LogP contribution in [0.2, 0.25) is 0 Å². The molecule has 0 spiro atoms. The summed E-state index contributed by atoms with van der Waals surface area (Å²) < 4.78 is 22.4. The first-order chi connectivity index (χ1) is 16.9. The van der Waals surface area contributed by atoms with Gasteiger partial charge in [-0.2, -0.15) is 0 Å². The van der Waals surface area contributed by atoms with Crippen molar-refractivity contribution in [3.8, 4) is 0 Å². The number of allylic oxidation sites excluding steroid dienone is 2. The summed E-state index contributed by atoms with van der Waals surface area (Å²) in [6.45, 7) is 11.7. The highest BCUT2D eigenvalue weighted by atomic mass is 16.6. The minimum Gasteiger partial charge on any atom is -0.461 e. The van der Waals surface area contributed by atoms with Crippen LogP contribution in [0.1, 0.15) is 60.3 Å². The Labute approximate surface area is 213 Å². The third kappa shape index (κ3) is 8.01. The molecule has 2 aliphatic rings. The Morgan fingerprint density at radius 3 is 2.53 bits per heavy atom. The Kier molecular flexibility index (Phi) is 10.9. The second kappa shape index (κ2) is 13.2. The van der Waals surface area contributed by atoms with Gasteiger partial charge in [0.25, 0.3) is 0 Å². The Bertz CT molecular complexity index is 888. The second-order valence-corrected chi connectivity index (χ2v) is 9.76. The first-order valence-corrected chi connectivity index (χ1v) is 12.4. The topological polar surface area (TPSA) is 132 Å². The van der Waals surface area contributed by atoms with Crippen LogP contribution in [-0.4, -0.2) is 71.9 Å². The van der Waals surface area contributed by atoms with Gasteiger partial charge < -0.3 is 29.2 Å². The van der Waals surface area contributed by atoms with Crippen LogP contribution in [0.5, 0.6) is 0 Å². The molecule has 0 saturated carbocycles. The van der Waals surface area contributed by atoms with Crippen LogP contribution in [0.15, 0.2) is 35.5 Å². The van der Waals surface area contributed by atoms with E-state index in [0.29, 0.717) is 42.4 Å². The van der Waals surface area contributed by atoms with E-state index in [4.69, 9.17) is 18.9 Å². The maximum Gasteiger partial charge on any atom is 0.333 e. The Morgan fingerprint density at radius 2 is 1.94 bits per heavy atom. The van der Waals surface area contributed by atoms with Gasteiger partial charge in [0, 0.05) is 18.1 Å². The highest BCUT2D eigenvalue weighted by Gasteiger charge is 2.56. The lowest BCUT2D eigenvalue weighted by atomic mass is 9.83. The third-order valence-electron chi connectivity index (χ3n) is 7.08. The summed E-state index contributed by atoms with van der Waals surface area (Å²) in [6.07, 6.45) is 3.57. The number of aliphatic hydroxyl groups excluding tert-OH is 2. The molecule has 2 N–H and O–H groups in total. The van der Waals surface area contributed by atoms with Crippen LogP contribution in [0.25, 0.3) is 0 Å². The van der Waals surface area contributed by atoms with E-state index < -0.39 is 41.6 Å². The van der Waals surface area contributed by atoms with Crippen molar-refractivity contribution < 1.29 is 43.5 Å². The lowest BCUT2D eigenvalue weighted by Crippen LogP contribution is -2.32. The standard InChI is InChI=1S/C27H40O9/c1-7-16(2)25(31)35-23-11-22(17(3)13-33-20(6)30)12-24-27(15-28,36-24)10-8-9-21(23)14-34-26(32)18(4)19(5)29/h7,9,18-19,22-24,28-29H,3,8,10-15H2,1-2,4-6H3. The molecule has 1 saturated heterocycles. The summed E-state index contributed by atoms with van der Waals surface area (Å²) in [5.74, 6) is -2.47. The predicted octanol–water partition coefficient (Wildman–Crippen LogP) is 2.79. The van der Waals surface area contributed by atoms with Gasteiger partial charge >= 0.3 is 17.9 Å². The fourth-order valence-electron chi connectivity index (χ4n) is 4.09. The van der Waals surface area contributed by atoms with Crippen LogP contribution < -0.4 is 0 Å². The molecule has 0 aromatic heterocycles. The third-order valence-corrected chi connectivity index (χ3v) is 7.08. The number of hydrogen-bond donors (Lipinski definition) is 2. The quantitative estimate of drug-likeness (QED) is 0.150. The van der Waals surface area contributed by atoms with Crippen LogP contribution in [0.3, 0.4) is 0 Å². The lowest BCUT2D eigenvalue weighted by Gasteiger charge is -2.28. The molecule has 2 rings (SSSR count). The molecule has 36 heavy (non-hydrogen) atoms. The first kappa shape index (κ1) is 29.7. The fraction of sp³-hybridized carbons (Fsp3) is 0.667. The van der Waals surface area contributed by atoms with Crippen molar-refractivity contribution in [3.63, 3.8) is 0 Å². The molecule has 1 aliphatic carbocycles. The lowest BCUT2D eigenvalue weighted by molar-refractivity contribution is -0.151. The summed E-state index contributed by atoms with van der Waals surface area (Å²) in [5.41, 5.74) is 1.00. The number of aliphatic hydroxyl groups is 2. The number of rotatable bonds is 10. The Morgan fingerprint density at radius 1 is 1.25 bits per heavy atom. The molecule has 1 aliphatic heterocycles. The van der Waals surface area contributed by atoms with Gasteiger partial charge in [-0.15, -0.1) is 0 Å². The van der Waals surface area contributed by atoms with Crippen molar-refractivity contribution >= 4 is 17.9 Å². The fourth-order valence-corrected chi connectivity index (χ4v) is 4.09. The molecule has 1 heterocycles. The van der Waals surface area contributed by atoms with E-state index in [2.05, 4.69) is 6.58 Å². The molecule has 6 unspecified atom stereocenters. The highest BCUT2D eigenvalue weighted by molar-refractivity contribution is 5.87. The molecule has 6 atom stereocenters. The molecular weight excluding hydrogens is 468 g/mol. The molecule has 202 valence electrons. The summed E-state index contributed by atoms with van der Waals surface area (Å²) in [7, 11) is 0. The zero-order valence-corrected chi connectivity index (χ0v) is 22.0. The molecule has 0 aromatic rings. The Balaban J connectivity index is 2.37. The number of hydrogen-bond acceptors (Lipinski definition) is 9. The van der Waals surface area contributed by atoms with Crippen molar-refractivity contribution in [2.45, 2.75) is 84.2 Å². The summed E-state index contributed by atoms with van der Waals surface area (Å²) >= 11 is 0. The van der Waals surface area contributed by atoms with E-state index in [1.807, 2.05) is 6.08 Å². The number of ether oxygens (including phenoxy) is 4. The average Bonchev–Trinajstić information content (AvgIpc) is 3.54. The summed E-state index contributed by atoms with van der Waals surface area (Å²) in [4.78, 5) is 36.5. The molecular formula is C27H40O9. The van der Waals surface area contributed by atoms with E-state index in [1.165, 1.54) is 13.8 Å². The number of carbonyl (C=O) groups excluding carboxylic acids is 3. The van der Waals surface area contributed by atoms with Gasteiger partial charge in [0.15, 0.2) is 0 Å². The Hall–Kier alpha value is -2.49. The predicted molar refractivity (Wildman–Crippen MR) is 132 cm³/mol. The van der Waals surface area contributed by atoms with Gasteiger partial charge in [-0.3, -0.25) is 9.59 Å². The maximum atomic E-state index is 12.7. The van der Waals surface area contributed by atoms with E-state index in [-0.39, 0.29) is 31.8 Å². The maximum absolute atomic E-state index is 12.7. The number of carbonyl (C=O) groups is 3. The van der Waals surface area contributed by atoms with Gasteiger partial charge in [0.05, 0.1) is 24.7 Å². The van der Waals surface area contributed by atoms with Gasteiger partial charge in [0.2, 0.25) is 0 Å². The molecule has 9 heteroatoms. The zero-order chi connectivity index (χ0) is 27.0. The molecule has 1 fully saturated rings. The van der Waals surface area contributed by atoms with Crippen molar-refractivity contribution in [1.29, 1.82) is 0 Å². The minimum absolute atomic E-state index is 0.00728. The van der Waals surface area contributed by atoms with Crippen molar-refractivity contribution in [2.24, 2.45) is 11.8 Å². The normalized spacial score (nSPS) is 28.0. The van der Waals surface area contributed by atoms with E-state index in [0.717, 1.165) is 0 Å². The van der Waals surface area contributed by atoms with Crippen LogP contribution in [-0.2, 0) is 33.3 Å². The molecule has 0 bridgehead atoms. The van der Waals surface area contributed by atoms with Gasteiger partial charge in [-0.05, 0) is 64.9 Å². The van der Waals surface area contributed by atoms with Crippen LogP contribution >= 0.6 is 0 Å². The SMILES string of the molecule is C=C(COC(C)=O)C1CC(OC(=O)C(C)=CC)C(COC(=O)C(C)C(C)O)=CCCC2(CO)OC2C1. The first-order valence-electron chi connectivity index (χ1n) is 12.4. The smallest absolute Gasteiger partial charge is 0.333 e. The highest BCUT2D eigenvalue weighted by Crippen LogP contribution is 2.46. The zero-order valence-electron chi connectivity index (χ0n) is 22.0. The summed E-state index contributed by atoms with van der Waals surface area (Å²) in [5, 5.41) is 19.7. The number of esters is 3. The monoisotopic (exact) mass is 508 g/mol. The van der Waals surface area contributed by atoms with Gasteiger partial charge in [-0.1, -0.05) is 18.7 Å². The van der Waals surface area contributed by atoms with E-state index in [9.17, 15) is 24.6 Å². The molecule has 0 radical (unpaired) electrons. The van der Waals surface area contributed by atoms with E-state index >= 15 is 0 Å². The van der Waals surface area contributed by atoms with Gasteiger partial charge in [-0.25, -0.2) is 4.79 Å². The average molecular weight is 509 g/mol. The molecule has 0 amide bonds. The van der Waals surface area contributed by atoms with Crippen molar-refractivity contribution in [2.75, 3.05) is 19.8 Å². The number of epoxide rings is 1. The molecule has 0 aromatic carbocycles. The number of fused-ring (bicyclic) bond motifs is 1. The largest absolute Gasteiger partial charge is 0.461 e. The summed E-state index contributed by atoms with van der Waals surface area (Å²) in [6, 6.07) is 0. The van der Waals surface area contributed by atoms with E-state index in [1.54, 1.807) is 26.8 Å². The van der Waals surface area contributed by atoms with Gasteiger partial charge in [0.1, 0.15) is 24.9 Å². The second-order valence-electron chi connectivity index (χ2n) is 9.76. The van der Waals surface area contributed by atoms with Crippen LogP contribution in [0.4, 0.5) is 0 Å². The molecule has 9 nitrogen and oxygen atoms in total. The minimum atomic E-state index is -0.871.